The van der Waals surface area contributed by atoms with E-state index in [-0.39, 0.29) is 11.5 Å². The Labute approximate surface area is 140 Å². The molecule has 0 aliphatic carbocycles. The van der Waals surface area contributed by atoms with Crippen molar-refractivity contribution in [3.63, 3.8) is 0 Å². The van der Waals surface area contributed by atoms with Gasteiger partial charge >= 0.3 is 11.7 Å². The lowest BCUT2D eigenvalue weighted by Crippen LogP contribution is -2.25. The molecule has 4 aromatic rings. The van der Waals surface area contributed by atoms with Crippen molar-refractivity contribution in [2.24, 2.45) is 0 Å². The summed E-state index contributed by atoms with van der Waals surface area (Å²) in [5.41, 5.74) is 0.667. The maximum atomic E-state index is 12.6. The maximum absolute atomic E-state index is 12.6. The summed E-state index contributed by atoms with van der Waals surface area (Å²) in [6.45, 7) is -0.542. The molecule has 25 heavy (non-hydrogen) atoms. The van der Waals surface area contributed by atoms with Crippen molar-refractivity contribution in [2.75, 3.05) is 0 Å². The number of fused-ring (bicyclic) bond motifs is 3. The molecule has 0 aliphatic rings. The molecule has 8 nitrogen and oxygen atoms in total. The number of carboxylic acid groups (broad SMARTS) is 1. The minimum absolute atomic E-state index is 0.131. The number of benzene rings is 2. The molecule has 2 aromatic heterocycles. The van der Waals surface area contributed by atoms with Crippen LogP contribution in [0, 0.1) is 0 Å². The lowest BCUT2D eigenvalue weighted by molar-refractivity contribution is -0.137. The molecule has 0 aliphatic heterocycles. The van der Waals surface area contributed by atoms with Gasteiger partial charge in [0.25, 0.3) is 5.88 Å². The number of rotatable bonds is 4. The van der Waals surface area contributed by atoms with Crippen LogP contribution in [0.2, 0.25) is 0 Å². The van der Waals surface area contributed by atoms with Crippen molar-refractivity contribution in [3.8, 4) is 11.6 Å². The average molecular weight is 336 g/mol. The monoisotopic (exact) mass is 336 g/mol. The van der Waals surface area contributed by atoms with Gasteiger partial charge in [-0.1, -0.05) is 30.3 Å². The molecule has 8 heteroatoms. The third-order valence-electron chi connectivity index (χ3n) is 3.62. The Bertz CT molecular complexity index is 1150. The normalized spacial score (nSPS) is 11.0. The van der Waals surface area contributed by atoms with Crippen molar-refractivity contribution < 1.29 is 14.6 Å². The number of aliphatic carboxylic acids is 1. The largest absolute Gasteiger partial charge is 0.480 e. The molecular formula is C17H12N4O4. The standard InChI is InChI=1S/C17H12N4O4/c22-14(23)10-20-17(24)21-13-9-5-4-8-12(13)18-16(15(21)19-20)25-11-6-2-1-3-7-11/h1-9H,10H2,(H,22,23). The molecule has 2 heterocycles. The zero-order chi connectivity index (χ0) is 17.4. The molecule has 0 atom stereocenters. The highest BCUT2D eigenvalue weighted by Gasteiger charge is 2.18. The molecule has 0 amide bonds. The second kappa shape index (κ2) is 5.75. The van der Waals surface area contributed by atoms with E-state index in [1.807, 2.05) is 18.2 Å². The number of hydrogen-bond donors (Lipinski definition) is 1. The van der Waals surface area contributed by atoms with Crippen LogP contribution in [0.3, 0.4) is 0 Å². The highest BCUT2D eigenvalue weighted by molar-refractivity contribution is 5.79. The van der Waals surface area contributed by atoms with E-state index in [9.17, 15) is 9.59 Å². The summed E-state index contributed by atoms with van der Waals surface area (Å²) in [4.78, 5) is 28.0. The highest BCUT2D eigenvalue weighted by atomic mass is 16.5. The SMILES string of the molecule is O=C(O)Cn1nc2c(Oc3ccccc3)nc3ccccc3n2c1=O. The number of hydrogen-bond acceptors (Lipinski definition) is 5. The van der Waals surface area contributed by atoms with Gasteiger partial charge in [0.15, 0.2) is 0 Å². The summed E-state index contributed by atoms with van der Waals surface area (Å²) in [6, 6.07) is 16.0. The van der Waals surface area contributed by atoms with E-state index in [1.54, 1.807) is 36.4 Å². The number of aromatic nitrogens is 4. The number of carboxylic acids is 1. The van der Waals surface area contributed by atoms with E-state index in [4.69, 9.17) is 9.84 Å². The van der Waals surface area contributed by atoms with Gasteiger partial charge in [-0.05, 0) is 24.3 Å². The highest BCUT2D eigenvalue weighted by Crippen LogP contribution is 2.25. The van der Waals surface area contributed by atoms with Gasteiger partial charge in [0.05, 0.1) is 11.0 Å². The zero-order valence-electron chi connectivity index (χ0n) is 12.9. The first-order chi connectivity index (χ1) is 12.1. The molecule has 0 unspecified atom stereocenters. The molecule has 0 fully saturated rings. The van der Waals surface area contributed by atoms with Gasteiger partial charge < -0.3 is 9.84 Å². The summed E-state index contributed by atoms with van der Waals surface area (Å²) >= 11 is 0. The second-order valence-corrected chi connectivity index (χ2v) is 5.31. The predicted molar refractivity (Wildman–Crippen MR) is 88.9 cm³/mol. The third-order valence-corrected chi connectivity index (χ3v) is 3.62. The van der Waals surface area contributed by atoms with Crippen LogP contribution in [0.4, 0.5) is 0 Å². The molecule has 0 saturated heterocycles. The molecular weight excluding hydrogens is 324 g/mol. The van der Waals surface area contributed by atoms with Gasteiger partial charge in [0.2, 0.25) is 5.65 Å². The van der Waals surface area contributed by atoms with Crippen molar-refractivity contribution in [1.29, 1.82) is 0 Å². The second-order valence-electron chi connectivity index (χ2n) is 5.31. The fourth-order valence-electron chi connectivity index (χ4n) is 2.57. The minimum Gasteiger partial charge on any atom is -0.480 e. The minimum atomic E-state index is -1.16. The Balaban J connectivity index is 2.00. The summed E-state index contributed by atoms with van der Waals surface area (Å²) < 4.78 is 7.97. The first-order valence-corrected chi connectivity index (χ1v) is 7.46. The molecule has 124 valence electrons. The lowest BCUT2D eigenvalue weighted by atomic mass is 10.3. The van der Waals surface area contributed by atoms with Crippen molar-refractivity contribution in [3.05, 3.63) is 65.1 Å². The van der Waals surface area contributed by atoms with Crippen molar-refractivity contribution in [1.82, 2.24) is 19.2 Å². The Hall–Kier alpha value is -3.68. The number of carbonyl (C=O) groups is 1. The van der Waals surface area contributed by atoms with Crippen LogP contribution < -0.4 is 10.4 Å². The van der Waals surface area contributed by atoms with E-state index in [1.165, 1.54) is 4.40 Å². The van der Waals surface area contributed by atoms with Gasteiger partial charge in [0, 0.05) is 0 Å². The Morgan fingerprint density at radius 2 is 1.80 bits per heavy atom. The van der Waals surface area contributed by atoms with Crippen molar-refractivity contribution >= 4 is 22.6 Å². The number of para-hydroxylation sites is 3. The van der Waals surface area contributed by atoms with Crippen LogP contribution in [0.5, 0.6) is 11.6 Å². The van der Waals surface area contributed by atoms with Crippen LogP contribution in [0.1, 0.15) is 0 Å². The summed E-state index contributed by atoms with van der Waals surface area (Å²) in [5, 5.41) is 13.1. The van der Waals surface area contributed by atoms with Crippen LogP contribution in [0.25, 0.3) is 16.7 Å². The molecule has 4 rings (SSSR count). The van der Waals surface area contributed by atoms with Crippen LogP contribution in [-0.4, -0.2) is 30.2 Å². The van der Waals surface area contributed by atoms with E-state index >= 15 is 0 Å². The molecule has 0 saturated carbocycles. The fourth-order valence-corrected chi connectivity index (χ4v) is 2.57. The van der Waals surface area contributed by atoms with E-state index in [2.05, 4.69) is 10.1 Å². The van der Waals surface area contributed by atoms with E-state index < -0.39 is 18.2 Å². The molecule has 0 bridgehead atoms. The van der Waals surface area contributed by atoms with Crippen molar-refractivity contribution in [2.45, 2.75) is 6.54 Å². The van der Waals surface area contributed by atoms with Crippen LogP contribution in [-0.2, 0) is 11.3 Å². The molecule has 0 spiro atoms. The Kier molecular flexibility index (Phi) is 3.42. The summed E-state index contributed by atoms with van der Waals surface area (Å²) in [7, 11) is 0. The zero-order valence-corrected chi connectivity index (χ0v) is 12.9. The van der Waals surface area contributed by atoms with E-state index in [0.717, 1.165) is 4.68 Å². The number of nitrogens with zero attached hydrogens (tertiary/aromatic N) is 4. The summed E-state index contributed by atoms with van der Waals surface area (Å²) in [6.07, 6.45) is 0. The number of ether oxygens (including phenoxy) is 1. The topological polar surface area (TPSA) is 98.7 Å². The molecule has 0 radical (unpaired) electrons. The Morgan fingerprint density at radius 3 is 2.56 bits per heavy atom. The van der Waals surface area contributed by atoms with Gasteiger partial charge in [-0.25, -0.2) is 18.9 Å². The lowest BCUT2D eigenvalue weighted by Gasteiger charge is -2.07. The predicted octanol–water partition coefficient (Wildman–Crippen LogP) is 1.92. The molecule has 2 aromatic carbocycles. The maximum Gasteiger partial charge on any atom is 0.351 e. The van der Waals surface area contributed by atoms with Gasteiger partial charge in [-0.15, -0.1) is 5.10 Å². The third kappa shape index (κ3) is 2.59. The smallest absolute Gasteiger partial charge is 0.351 e. The quantitative estimate of drug-likeness (QED) is 0.611. The van der Waals surface area contributed by atoms with Gasteiger partial charge in [-0.3, -0.25) is 4.79 Å². The van der Waals surface area contributed by atoms with Gasteiger partial charge in [-0.2, -0.15) is 0 Å². The van der Waals surface area contributed by atoms with Crippen LogP contribution >= 0.6 is 0 Å². The van der Waals surface area contributed by atoms with Gasteiger partial charge in [0.1, 0.15) is 12.3 Å². The Morgan fingerprint density at radius 1 is 1.08 bits per heavy atom. The van der Waals surface area contributed by atoms with Crippen LogP contribution in [0.15, 0.2) is 59.4 Å². The fraction of sp³-hybridized carbons (Fsp3) is 0.0588. The first kappa shape index (κ1) is 14.9. The average Bonchev–Trinajstić information content (AvgIpc) is 2.93. The first-order valence-electron chi connectivity index (χ1n) is 7.46. The van der Waals surface area contributed by atoms with E-state index in [0.29, 0.717) is 16.8 Å². The summed E-state index contributed by atoms with van der Waals surface area (Å²) in [5.74, 6) is -0.494. The molecule has 1 N–H and O–H groups in total.